The van der Waals surface area contributed by atoms with Gasteiger partial charge in [0.25, 0.3) is 18.2 Å². The Morgan fingerprint density at radius 2 is 1.98 bits per heavy atom. The first-order chi connectivity index (χ1) is 22.2. The van der Waals surface area contributed by atoms with E-state index in [1.165, 1.54) is 24.5 Å². The molecule has 1 spiro atoms. The van der Waals surface area contributed by atoms with E-state index in [0.29, 0.717) is 37.7 Å². The number of anilines is 1. The van der Waals surface area contributed by atoms with Crippen molar-refractivity contribution in [1.82, 2.24) is 30.4 Å². The summed E-state index contributed by atoms with van der Waals surface area (Å²) in [7, 11) is 0. The van der Waals surface area contributed by atoms with Crippen LogP contribution in [0, 0.1) is 11.2 Å². The van der Waals surface area contributed by atoms with Crippen LogP contribution in [0.5, 0.6) is 17.4 Å². The first kappa shape index (κ1) is 31.9. The topological polar surface area (TPSA) is 115 Å². The number of fused-ring (bicyclic) bond motifs is 1. The Morgan fingerprint density at radius 1 is 1.17 bits per heavy atom. The van der Waals surface area contributed by atoms with E-state index in [-0.39, 0.29) is 53.3 Å². The molecule has 1 atom stereocenters. The number of benzene rings is 1. The van der Waals surface area contributed by atoms with E-state index in [4.69, 9.17) is 14.2 Å². The lowest BCUT2D eigenvalue weighted by atomic mass is 9.61. The van der Waals surface area contributed by atoms with Crippen molar-refractivity contribution in [2.24, 2.45) is 5.41 Å². The van der Waals surface area contributed by atoms with Gasteiger partial charge in [-0.2, -0.15) is 0 Å². The van der Waals surface area contributed by atoms with Gasteiger partial charge in [0, 0.05) is 55.8 Å². The zero-order valence-corrected chi connectivity index (χ0v) is 26.1. The van der Waals surface area contributed by atoms with Gasteiger partial charge < -0.3 is 29.3 Å². The molecular weight excluding hydrogens is 603 g/mol. The van der Waals surface area contributed by atoms with Gasteiger partial charge in [0.1, 0.15) is 36.4 Å². The Balaban J connectivity index is 1.10. The summed E-state index contributed by atoms with van der Waals surface area (Å²) in [6.45, 7) is 7.72. The maximum absolute atomic E-state index is 14.2. The second-order valence-electron chi connectivity index (χ2n) is 12.4. The second kappa shape index (κ2) is 13.4. The van der Waals surface area contributed by atoms with Crippen molar-refractivity contribution >= 4 is 11.7 Å². The molecule has 246 valence electrons. The van der Waals surface area contributed by atoms with Gasteiger partial charge in [0.2, 0.25) is 0 Å². The fourth-order valence-corrected chi connectivity index (χ4v) is 6.70. The Bertz CT molecular complexity index is 1550. The van der Waals surface area contributed by atoms with Gasteiger partial charge in [-0.25, -0.2) is 18.2 Å². The van der Waals surface area contributed by atoms with Crippen LogP contribution in [0.4, 0.5) is 19.0 Å². The number of amides is 1. The van der Waals surface area contributed by atoms with Crippen LogP contribution in [-0.2, 0) is 11.2 Å². The molecule has 1 saturated carbocycles. The number of ether oxygens (including phenoxy) is 3. The normalized spacial score (nSPS) is 18.7. The Morgan fingerprint density at radius 3 is 2.72 bits per heavy atom. The summed E-state index contributed by atoms with van der Waals surface area (Å²) in [5.41, 5.74) is 1.91. The van der Waals surface area contributed by atoms with Gasteiger partial charge in [-0.15, -0.1) is 10.2 Å². The molecular formula is C32H38F3N7O4. The fourth-order valence-electron chi connectivity index (χ4n) is 6.70. The number of alkyl halides is 2. The molecule has 1 saturated heterocycles. The predicted molar refractivity (Wildman–Crippen MR) is 162 cm³/mol. The van der Waals surface area contributed by atoms with Gasteiger partial charge in [0.15, 0.2) is 5.82 Å². The average molecular weight is 642 g/mol. The Hall–Kier alpha value is -4.04. The van der Waals surface area contributed by atoms with Crippen molar-refractivity contribution in [2.75, 3.05) is 44.3 Å². The van der Waals surface area contributed by atoms with E-state index in [0.717, 1.165) is 30.5 Å². The smallest absolute Gasteiger partial charge is 0.282 e. The summed E-state index contributed by atoms with van der Waals surface area (Å²) < 4.78 is 57.3. The molecule has 46 heavy (non-hydrogen) atoms. The summed E-state index contributed by atoms with van der Waals surface area (Å²) in [4.78, 5) is 25.9. The maximum atomic E-state index is 14.2. The molecule has 1 aliphatic carbocycles. The van der Waals surface area contributed by atoms with Gasteiger partial charge in [-0.1, -0.05) is 0 Å². The third-order valence-electron chi connectivity index (χ3n) is 8.80. The number of pyridine rings is 1. The highest BCUT2D eigenvalue weighted by molar-refractivity contribution is 5.97. The standard InChI is InChI=1S/C32H38F3N7O4/c1-4-42(19(2)3)31(43)22-11-20(33)5-6-25(22)46-30-29(38-18-39-40-30)41-16-32(17-41)12-21(13-32)45-26-8-10-36-23-7-9-37-24(28(23)26)14-44-15-27(34)35/h5-6,8,10-11,18-19,21,24,27,37H,4,7,9,12-17H2,1-3H3. The molecule has 2 aliphatic heterocycles. The minimum absolute atomic E-state index is 0.00675. The van der Waals surface area contributed by atoms with Crippen LogP contribution >= 0.6 is 0 Å². The highest BCUT2D eigenvalue weighted by Gasteiger charge is 2.54. The number of nitrogens with zero attached hydrogens (tertiary/aromatic N) is 6. The van der Waals surface area contributed by atoms with E-state index in [2.05, 4.69) is 25.5 Å². The molecule has 1 aromatic carbocycles. The van der Waals surface area contributed by atoms with Crippen LogP contribution in [0.15, 0.2) is 36.8 Å². The number of carbonyl (C=O) groups excluding carboxylic acids is 1. The fraction of sp³-hybridized carbons (Fsp3) is 0.531. The van der Waals surface area contributed by atoms with Gasteiger partial charge in [-0.3, -0.25) is 9.78 Å². The lowest BCUT2D eigenvalue weighted by Crippen LogP contribution is -2.65. The Kier molecular flexibility index (Phi) is 9.27. The van der Waals surface area contributed by atoms with E-state index in [1.807, 2.05) is 31.7 Å². The molecule has 0 bridgehead atoms. The monoisotopic (exact) mass is 641 g/mol. The van der Waals surface area contributed by atoms with Crippen LogP contribution in [0.1, 0.15) is 61.3 Å². The zero-order valence-electron chi connectivity index (χ0n) is 26.1. The minimum atomic E-state index is -2.52. The van der Waals surface area contributed by atoms with Gasteiger partial charge in [0.05, 0.1) is 23.9 Å². The minimum Gasteiger partial charge on any atom is -0.490 e. The molecule has 0 radical (unpaired) electrons. The number of carbonyl (C=O) groups is 1. The molecule has 14 heteroatoms. The lowest BCUT2D eigenvalue weighted by molar-refractivity contribution is -0.0357. The molecule has 1 N–H and O–H groups in total. The molecule has 4 heterocycles. The molecule has 11 nitrogen and oxygen atoms in total. The summed E-state index contributed by atoms with van der Waals surface area (Å²) in [6.07, 6.45) is 2.92. The largest absolute Gasteiger partial charge is 0.490 e. The lowest BCUT2D eigenvalue weighted by Gasteiger charge is -2.58. The highest BCUT2D eigenvalue weighted by Crippen LogP contribution is 2.52. The van der Waals surface area contributed by atoms with E-state index >= 15 is 0 Å². The third kappa shape index (κ3) is 6.59. The Labute approximate surface area is 265 Å². The van der Waals surface area contributed by atoms with Crippen LogP contribution in [-0.4, -0.2) is 88.9 Å². The van der Waals surface area contributed by atoms with Crippen molar-refractivity contribution in [3.05, 3.63) is 59.4 Å². The number of aromatic nitrogens is 4. The number of rotatable bonds is 12. The molecule has 1 unspecified atom stereocenters. The summed E-state index contributed by atoms with van der Waals surface area (Å²) in [5.74, 6) is 0.622. The highest BCUT2D eigenvalue weighted by atomic mass is 19.3. The zero-order chi connectivity index (χ0) is 32.4. The van der Waals surface area contributed by atoms with Crippen molar-refractivity contribution in [3.63, 3.8) is 0 Å². The third-order valence-corrected chi connectivity index (χ3v) is 8.80. The van der Waals surface area contributed by atoms with Crippen LogP contribution in [0.3, 0.4) is 0 Å². The second-order valence-corrected chi connectivity index (χ2v) is 12.4. The van der Waals surface area contributed by atoms with Crippen LogP contribution < -0.4 is 19.7 Å². The van der Waals surface area contributed by atoms with Crippen molar-refractivity contribution in [1.29, 1.82) is 0 Å². The molecule has 3 aliphatic rings. The van der Waals surface area contributed by atoms with Crippen LogP contribution in [0.2, 0.25) is 0 Å². The molecule has 3 aromatic rings. The van der Waals surface area contributed by atoms with Gasteiger partial charge >= 0.3 is 0 Å². The first-order valence-corrected chi connectivity index (χ1v) is 15.6. The van der Waals surface area contributed by atoms with E-state index < -0.39 is 18.8 Å². The van der Waals surface area contributed by atoms with E-state index in [1.54, 1.807) is 11.1 Å². The molecule has 6 rings (SSSR count). The number of hydrogen-bond acceptors (Lipinski definition) is 10. The quantitative estimate of drug-likeness (QED) is 0.301. The average Bonchev–Trinajstić information content (AvgIpc) is 2.99. The molecule has 1 amide bonds. The summed E-state index contributed by atoms with van der Waals surface area (Å²) in [5, 5.41) is 11.4. The summed E-state index contributed by atoms with van der Waals surface area (Å²) in [6, 6.07) is 5.31. The first-order valence-electron chi connectivity index (χ1n) is 15.6. The molecule has 2 fully saturated rings. The predicted octanol–water partition coefficient (Wildman–Crippen LogP) is 4.58. The van der Waals surface area contributed by atoms with Crippen molar-refractivity contribution < 1.29 is 32.2 Å². The van der Waals surface area contributed by atoms with Crippen molar-refractivity contribution in [2.45, 2.75) is 64.6 Å². The van der Waals surface area contributed by atoms with E-state index in [9.17, 15) is 18.0 Å². The number of hydrogen-bond donors (Lipinski definition) is 1. The summed E-state index contributed by atoms with van der Waals surface area (Å²) >= 11 is 0. The van der Waals surface area contributed by atoms with Crippen LogP contribution in [0.25, 0.3) is 0 Å². The number of halogens is 3. The maximum Gasteiger partial charge on any atom is 0.282 e. The SMILES string of the molecule is CCN(C(=O)c1cc(F)ccc1Oc1nncnc1N1CC2(CC(Oc3ccnc4c3C(COCC(F)F)NCC4)C2)C1)C(C)C. The molecule has 2 aromatic heterocycles. The van der Waals surface area contributed by atoms with Crippen molar-refractivity contribution in [3.8, 4) is 17.4 Å². The van der Waals surface area contributed by atoms with Gasteiger partial charge in [-0.05, 0) is 57.9 Å². The number of nitrogens with one attached hydrogen (secondary N) is 1.